The minimum Gasteiger partial charge on any atom is -0.491 e. The Balaban J connectivity index is 0.929. The van der Waals surface area contributed by atoms with Crippen molar-refractivity contribution in [3.8, 4) is 11.4 Å². The van der Waals surface area contributed by atoms with E-state index in [-0.39, 0.29) is 24.4 Å². The summed E-state index contributed by atoms with van der Waals surface area (Å²) in [5.41, 5.74) is 3.61. The number of anilines is 2. The monoisotopic (exact) mass is 690 g/mol. The van der Waals surface area contributed by atoms with Crippen molar-refractivity contribution in [3.63, 3.8) is 0 Å². The molecule has 2 aliphatic rings. The molecule has 0 radical (unpaired) electrons. The summed E-state index contributed by atoms with van der Waals surface area (Å²) >= 11 is 12.7. The number of rotatable bonds is 10. The Morgan fingerprint density at radius 1 is 0.896 bits per heavy atom. The van der Waals surface area contributed by atoms with Gasteiger partial charge in [-0.3, -0.25) is 0 Å². The second kappa shape index (κ2) is 13.6. The molecular formula is C34H36Cl2N8O4. The Morgan fingerprint density at radius 3 is 2.17 bits per heavy atom. The van der Waals surface area contributed by atoms with Crippen molar-refractivity contribution in [3.05, 3.63) is 112 Å². The highest BCUT2D eigenvalue weighted by Crippen LogP contribution is 2.40. The lowest BCUT2D eigenvalue weighted by Crippen LogP contribution is -2.46. The summed E-state index contributed by atoms with van der Waals surface area (Å²) in [7, 11) is 0. The number of nitrogens with zero attached hydrogens (tertiary/aromatic N) is 8. The smallest absolute Gasteiger partial charge is 0.350 e. The minimum absolute atomic E-state index is 0.0136. The fourth-order valence-electron chi connectivity index (χ4n) is 6.12. The van der Waals surface area contributed by atoms with Gasteiger partial charge in [-0.1, -0.05) is 29.3 Å². The largest absolute Gasteiger partial charge is 0.491 e. The van der Waals surface area contributed by atoms with Crippen molar-refractivity contribution < 1.29 is 14.2 Å². The van der Waals surface area contributed by atoms with Crippen LogP contribution < -0.4 is 20.2 Å². The molecule has 0 spiro atoms. The van der Waals surface area contributed by atoms with Gasteiger partial charge in [0, 0.05) is 48.1 Å². The number of benzene rings is 3. The van der Waals surface area contributed by atoms with Gasteiger partial charge >= 0.3 is 5.69 Å². The van der Waals surface area contributed by atoms with Crippen LogP contribution in [0.15, 0.2) is 90.5 Å². The summed E-state index contributed by atoms with van der Waals surface area (Å²) in [6.07, 6.45) is 4.32. The van der Waals surface area contributed by atoms with Gasteiger partial charge in [0.05, 0.1) is 23.4 Å². The highest BCUT2D eigenvalue weighted by Gasteiger charge is 2.45. The molecule has 2 atom stereocenters. The van der Waals surface area contributed by atoms with E-state index in [1.54, 1.807) is 34.0 Å². The fraction of sp³-hybridized carbons (Fsp3) is 0.353. The van der Waals surface area contributed by atoms with Crippen molar-refractivity contribution in [2.24, 2.45) is 0 Å². The quantitative estimate of drug-likeness (QED) is 0.196. The topological polar surface area (TPSA) is 105 Å². The van der Waals surface area contributed by atoms with E-state index < -0.39 is 5.79 Å². The van der Waals surface area contributed by atoms with E-state index in [0.717, 1.165) is 49.0 Å². The van der Waals surface area contributed by atoms with Gasteiger partial charge in [0.2, 0.25) is 5.79 Å². The molecule has 5 aromatic rings. The zero-order chi connectivity index (χ0) is 33.3. The molecule has 1 unspecified atom stereocenters. The van der Waals surface area contributed by atoms with Crippen molar-refractivity contribution in [2.45, 2.75) is 38.3 Å². The summed E-state index contributed by atoms with van der Waals surface area (Å²) in [5, 5.41) is 9.43. The second-order valence-electron chi connectivity index (χ2n) is 12.1. The first kappa shape index (κ1) is 32.2. The molecule has 250 valence electrons. The molecule has 2 aromatic heterocycles. The maximum atomic E-state index is 12.6. The Hall–Kier alpha value is -4.36. The van der Waals surface area contributed by atoms with Gasteiger partial charge < -0.3 is 24.0 Å². The average molecular weight is 692 g/mol. The normalized spacial score (nSPS) is 19.7. The van der Waals surface area contributed by atoms with Gasteiger partial charge in [-0.15, -0.1) is 0 Å². The van der Waals surface area contributed by atoms with Gasteiger partial charge in [0.1, 0.15) is 44.0 Å². The summed E-state index contributed by atoms with van der Waals surface area (Å²) in [6.45, 7) is 8.32. The molecule has 0 amide bonds. The molecule has 2 aliphatic heterocycles. The summed E-state index contributed by atoms with van der Waals surface area (Å²) in [6, 6.07) is 21.5. The lowest BCUT2D eigenvalue weighted by molar-refractivity contribution is -0.190. The second-order valence-corrected chi connectivity index (χ2v) is 13.0. The van der Waals surface area contributed by atoms with Gasteiger partial charge in [0.15, 0.2) is 0 Å². The van der Waals surface area contributed by atoms with E-state index in [0.29, 0.717) is 28.8 Å². The Morgan fingerprint density at radius 2 is 1.56 bits per heavy atom. The first-order chi connectivity index (χ1) is 23.3. The number of aromatic nitrogens is 6. The molecule has 0 bridgehead atoms. The number of ether oxygens (including phenoxy) is 3. The maximum Gasteiger partial charge on any atom is 0.350 e. The number of hydrogen-bond donors (Lipinski definition) is 0. The number of hydrogen-bond acceptors (Lipinski definition) is 9. The molecule has 14 heteroatoms. The molecule has 3 aromatic carbocycles. The van der Waals surface area contributed by atoms with Crippen LogP contribution in [0.2, 0.25) is 10.0 Å². The first-order valence-electron chi connectivity index (χ1n) is 15.9. The highest BCUT2D eigenvalue weighted by atomic mass is 35.5. The van der Waals surface area contributed by atoms with E-state index in [2.05, 4.69) is 49.2 Å². The van der Waals surface area contributed by atoms with E-state index in [1.165, 1.54) is 11.0 Å². The molecular weight excluding hydrogens is 655 g/mol. The van der Waals surface area contributed by atoms with Crippen LogP contribution in [-0.4, -0.2) is 74.6 Å². The Kier molecular flexibility index (Phi) is 9.15. The lowest BCUT2D eigenvalue weighted by Gasteiger charge is -2.37. The zero-order valence-electron chi connectivity index (χ0n) is 26.7. The molecule has 4 heterocycles. The van der Waals surface area contributed by atoms with Crippen molar-refractivity contribution in [1.29, 1.82) is 0 Å². The first-order valence-corrected chi connectivity index (χ1v) is 16.6. The summed E-state index contributed by atoms with van der Waals surface area (Å²) in [5.74, 6) is -0.411. The standard InChI is InChI=1S/C34H36Cl2N8O4/c1-24(2)44-33(45)43(23-39-44)28-6-4-26(5-7-28)40-13-15-41(16-14-40)27-8-10-29(11-9-27)46-18-30-19-47-34(48-30,20-42-22-37-21-38-42)31-12-3-25(35)17-32(31)36/h3-12,17,21-24,30H,13-16,18-20H2,1-2H3/t30-,34?/m0/s1. The maximum absolute atomic E-state index is 12.6. The van der Waals surface area contributed by atoms with E-state index in [1.807, 2.05) is 44.2 Å². The molecule has 48 heavy (non-hydrogen) atoms. The van der Waals surface area contributed by atoms with Crippen LogP contribution in [-0.2, 0) is 21.8 Å². The van der Waals surface area contributed by atoms with Crippen LogP contribution in [0.25, 0.3) is 5.69 Å². The minimum atomic E-state index is -1.16. The van der Waals surface area contributed by atoms with Crippen LogP contribution in [0.3, 0.4) is 0 Å². The Labute approximate surface area is 288 Å². The van der Waals surface area contributed by atoms with Crippen molar-refractivity contribution in [2.75, 3.05) is 49.2 Å². The Bertz CT molecular complexity index is 1890. The van der Waals surface area contributed by atoms with Crippen LogP contribution in [0.5, 0.6) is 5.75 Å². The average Bonchev–Trinajstić information content (AvgIpc) is 3.85. The van der Waals surface area contributed by atoms with Crippen LogP contribution in [0, 0.1) is 0 Å². The van der Waals surface area contributed by atoms with Gasteiger partial charge in [-0.05, 0) is 74.5 Å². The fourth-order valence-corrected chi connectivity index (χ4v) is 6.67. The van der Waals surface area contributed by atoms with Crippen LogP contribution >= 0.6 is 23.2 Å². The van der Waals surface area contributed by atoms with Gasteiger partial charge in [-0.25, -0.2) is 23.7 Å². The molecule has 2 saturated heterocycles. The molecule has 7 rings (SSSR count). The molecule has 2 fully saturated rings. The van der Waals surface area contributed by atoms with Crippen LogP contribution in [0.1, 0.15) is 25.5 Å². The lowest BCUT2D eigenvalue weighted by atomic mass is 10.1. The van der Waals surface area contributed by atoms with Gasteiger partial charge in [-0.2, -0.15) is 10.2 Å². The van der Waals surface area contributed by atoms with Crippen LogP contribution in [0.4, 0.5) is 11.4 Å². The predicted octanol–water partition coefficient (Wildman–Crippen LogP) is 5.19. The molecule has 0 N–H and O–H groups in total. The zero-order valence-corrected chi connectivity index (χ0v) is 28.2. The number of halogens is 2. The summed E-state index contributed by atoms with van der Waals surface area (Å²) in [4.78, 5) is 21.4. The van der Waals surface area contributed by atoms with E-state index >= 15 is 0 Å². The van der Waals surface area contributed by atoms with Gasteiger partial charge in [0.25, 0.3) is 0 Å². The SMILES string of the molecule is CC(C)n1ncn(-c2ccc(N3CCN(c4ccc(OC[C@H]5COC(Cn6cncn6)(c6ccc(Cl)cc6Cl)O5)cc4)CC3)cc2)c1=O. The van der Waals surface area contributed by atoms with Crippen molar-refractivity contribution in [1.82, 2.24) is 29.1 Å². The predicted molar refractivity (Wildman–Crippen MR) is 184 cm³/mol. The third kappa shape index (κ3) is 6.66. The molecule has 0 saturated carbocycles. The third-order valence-electron chi connectivity index (χ3n) is 8.63. The number of piperazine rings is 1. The molecule has 12 nitrogen and oxygen atoms in total. The third-order valence-corrected chi connectivity index (χ3v) is 9.18. The molecule has 0 aliphatic carbocycles. The van der Waals surface area contributed by atoms with E-state index in [9.17, 15) is 4.79 Å². The van der Waals surface area contributed by atoms with Crippen molar-refractivity contribution >= 4 is 34.6 Å². The summed E-state index contributed by atoms with van der Waals surface area (Å²) < 4.78 is 23.6. The van der Waals surface area contributed by atoms with E-state index in [4.69, 9.17) is 37.4 Å². The highest BCUT2D eigenvalue weighted by molar-refractivity contribution is 6.35.